The zero-order chi connectivity index (χ0) is 17.9. The maximum absolute atomic E-state index is 13.7. The lowest BCUT2D eigenvalue weighted by molar-refractivity contribution is -0.174. The second kappa shape index (κ2) is 5.88. The minimum Gasteiger partial charge on any atom is -0.348 e. The molecular formula is C18H25O6P. The molecule has 0 radical (unpaired) electrons. The molecule has 0 unspecified atom stereocenters. The van der Waals surface area contributed by atoms with E-state index in [1.165, 1.54) is 0 Å². The number of hydrogen-bond donors (Lipinski definition) is 0. The van der Waals surface area contributed by atoms with Gasteiger partial charge in [0.05, 0.1) is 18.9 Å². The van der Waals surface area contributed by atoms with E-state index in [0.29, 0.717) is 18.1 Å². The van der Waals surface area contributed by atoms with Crippen LogP contribution in [0.25, 0.3) is 0 Å². The van der Waals surface area contributed by atoms with Gasteiger partial charge in [0.1, 0.15) is 18.3 Å². The Morgan fingerprint density at radius 1 is 0.920 bits per heavy atom. The molecule has 0 aliphatic carbocycles. The molecule has 4 rings (SSSR count). The SMILES string of the molecule is CC1(C)OC[C@H]([C@H]2O[P@@](=O)(c3ccccc3)C[C@H]3OC(C)(C)O[C@@H]23)O1. The molecule has 1 aromatic carbocycles. The molecule has 25 heavy (non-hydrogen) atoms. The Morgan fingerprint density at radius 2 is 1.60 bits per heavy atom. The zero-order valence-electron chi connectivity index (χ0n) is 15.0. The number of rotatable bonds is 2. The van der Waals surface area contributed by atoms with Gasteiger partial charge < -0.3 is 23.5 Å². The molecule has 0 saturated carbocycles. The van der Waals surface area contributed by atoms with Crippen LogP contribution in [0, 0.1) is 0 Å². The molecule has 5 atom stereocenters. The van der Waals surface area contributed by atoms with Crippen molar-refractivity contribution in [2.75, 3.05) is 12.8 Å². The Labute approximate surface area is 148 Å². The lowest BCUT2D eigenvalue weighted by atomic mass is 10.0. The second-order valence-electron chi connectivity index (χ2n) is 7.77. The van der Waals surface area contributed by atoms with Gasteiger partial charge in [0.15, 0.2) is 11.6 Å². The fraction of sp³-hybridized carbons (Fsp3) is 0.667. The fourth-order valence-corrected chi connectivity index (χ4v) is 6.25. The topological polar surface area (TPSA) is 63.2 Å². The first-order chi connectivity index (χ1) is 11.7. The van der Waals surface area contributed by atoms with E-state index in [0.717, 1.165) is 0 Å². The van der Waals surface area contributed by atoms with Gasteiger partial charge in [0, 0.05) is 5.30 Å². The van der Waals surface area contributed by atoms with Gasteiger partial charge in [-0.05, 0) is 39.8 Å². The summed E-state index contributed by atoms with van der Waals surface area (Å²) in [4.78, 5) is 0. The highest BCUT2D eigenvalue weighted by Gasteiger charge is 2.57. The third kappa shape index (κ3) is 3.32. The van der Waals surface area contributed by atoms with Crippen LogP contribution in [-0.4, -0.2) is 48.8 Å². The van der Waals surface area contributed by atoms with E-state index in [9.17, 15) is 4.57 Å². The minimum atomic E-state index is -3.08. The predicted octanol–water partition coefficient (Wildman–Crippen LogP) is 2.66. The van der Waals surface area contributed by atoms with Gasteiger partial charge in [-0.25, -0.2) is 0 Å². The first-order valence-electron chi connectivity index (χ1n) is 8.68. The molecule has 1 aromatic rings. The standard InChI is InChI=1S/C18H25O6P/c1-17(2)20-10-13(21-17)16-15-14(22-18(3,4)23-15)11-25(19,24-16)12-8-6-5-7-9-12/h5-9,13-16H,10-11H2,1-4H3/t13-,14-,15-,16-,25-/m1/s1. The van der Waals surface area contributed by atoms with Crippen molar-refractivity contribution in [2.45, 2.75) is 63.7 Å². The van der Waals surface area contributed by atoms with E-state index in [4.69, 9.17) is 23.5 Å². The van der Waals surface area contributed by atoms with E-state index in [1.54, 1.807) is 0 Å². The first kappa shape index (κ1) is 17.7. The average molecular weight is 368 g/mol. The highest BCUT2D eigenvalue weighted by atomic mass is 31.2. The van der Waals surface area contributed by atoms with Crippen LogP contribution in [0.3, 0.4) is 0 Å². The van der Waals surface area contributed by atoms with E-state index in [1.807, 2.05) is 58.0 Å². The van der Waals surface area contributed by atoms with Crippen LogP contribution in [0.1, 0.15) is 27.7 Å². The van der Waals surface area contributed by atoms with Crippen molar-refractivity contribution in [3.05, 3.63) is 30.3 Å². The van der Waals surface area contributed by atoms with Crippen LogP contribution in [0.2, 0.25) is 0 Å². The molecular weight excluding hydrogens is 343 g/mol. The molecule has 0 amide bonds. The number of ether oxygens (including phenoxy) is 4. The summed E-state index contributed by atoms with van der Waals surface area (Å²) in [5.41, 5.74) is 0. The summed E-state index contributed by atoms with van der Waals surface area (Å²) in [5, 5.41) is 0.699. The minimum absolute atomic E-state index is 0.299. The predicted molar refractivity (Wildman–Crippen MR) is 92.2 cm³/mol. The van der Waals surface area contributed by atoms with Crippen LogP contribution in [-0.2, 0) is 28.0 Å². The Kier molecular flexibility index (Phi) is 4.15. The number of hydrogen-bond acceptors (Lipinski definition) is 6. The molecule has 0 spiro atoms. The van der Waals surface area contributed by atoms with Crippen LogP contribution in [0.4, 0.5) is 0 Å². The third-order valence-electron chi connectivity index (χ3n) is 4.80. The molecule has 138 valence electrons. The Morgan fingerprint density at radius 3 is 2.24 bits per heavy atom. The summed E-state index contributed by atoms with van der Waals surface area (Å²) in [6, 6.07) is 9.32. The Balaban J connectivity index is 1.67. The molecule has 3 fully saturated rings. The van der Waals surface area contributed by atoms with Crippen molar-refractivity contribution >= 4 is 12.7 Å². The molecule has 3 aliphatic heterocycles. The summed E-state index contributed by atoms with van der Waals surface area (Å²) in [7, 11) is -3.08. The van der Waals surface area contributed by atoms with Gasteiger partial charge in [-0.2, -0.15) is 0 Å². The largest absolute Gasteiger partial charge is 0.348 e. The van der Waals surface area contributed by atoms with Gasteiger partial charge in [-0.1, -0.05) is 18.2 Å². The highest BCUT2D eigenvalue weighted by molar-refractivity contribution is 7.67. The van der Waals surface area contributed by atoms with Gasteiger partial charge in [0.2, 0.25) is 7.37 Å². The summed E-state index contributed by atoms with van der Waals surface area (Å²) >= 11 is 0. The fourth-order valence-electron chi connectivity index (χ4n) is 3.80. The smallest absolute Gasteiger partial charge is 0.235 e. The summed E-state index contributed by atoms with van der Waals surface area (Å²) in [6.45, 7) is 7.83. The molecule has 3 heterocycles. The second-order valence-corrected chi connectivity index (χ2v) is 10.2. The van der Waals surface area contributed by atoms with Gasteiger partial charge in [0.25, 0.3) is 0 Å². The van der Waals surface area contributed by atoms with Crippen molar-refractivity contribution in [1.82, 2.24) is 0 Å². The summed E-state index contributed by atoms with van der Waals surface area (Å²) in [5.74, 6) is -1.43. The average Bonchev–Trinajstić information content (AvgIpc) is 3.05. The zero-order valence-corrected chi connectivity index (χ0v) is 15.9. The molecule has 6 nitrogen and oxygen atoms in total. The monoisotopic (exact) mass is 368 g/mol. The van der Waals surface area contributed by atoms with Crippen LogP contribution in [0.15, 0.2) is 30.3 Å². The Hall–Kier alpha value is -0.750. The quantitative estimate of drug-likeness (QED) is 0.748. The van der Waals surface area contributed by atoms with E-state index >= 15 is 0 Å². The van der Waals surface area contributed by atoms with Gasteiger partial charge in [-0.15, -0.1) is 0 Å². The van der Waals surface area contributed by atoms with E-state index in [2.05, 4.69) is 0 Å². The molecule has 7 heteroatoms. The van der Waals surface area contributed by atoms with Crippen LogP contribution in [0.5, 0.6) is 0 Å². The lowest BCUT2D eigenvalue weighted by Gasteiger charge is -2.38. The molecule has 0 N–H and O–H groups in total. The maximum atomic E-state index is 13.7. The molecule has 3 aliphatic rings. The van der Waals surface area contributed by atoms with Gasteiger partial charge >= 0.3 is 0 Å². The highest BCUT2D eigenvalue weighted by Crippen LogP contribution is 2.56. The lowest BCUT2D eigenvalue weighted by Crippen LogP contribution is -2.51. The van der Waals surface area contributed by atoms with Crippen molar-refractivity contribution in [3.63, 3.8) is 0 Å². The van der Waals surface area contributed by atoms with Crippen molar-refractivity contribution in [2.24, 2.45) is 0 Å². The normalized spacial score (nSPS) is 42.2. The number of fused-ring (bicyclic) bond motifs is 1. The van der Waals surface area contributed by atoms with Crippen molar-refractivity contribution in [1.29, 1.82) is 0 Å². The first-order valence-corrected chi connectivity index (χ1v) is 10.5. The van der Waals surface area contributed by atoms with Gasteiger partial charge in [-0.3, -0.25) is 4.57 Å². The van der Waals surface area contributed by atoms with Crippen molar-refractivity contribution in [3.8, 4) is 0 Å². The summed E-state index contributed by atoms with van der Waals surface area (Å²) < 4.78 is 43.6. The van der Waals surface area contributed by atoms with E-state index in [-0.39, 0.29) is 18.3 Å². The summed E-state index contributed by atoms with van der Waals surface area (Å²) in [6.07, 6.45) is -1.18. The maximum Gasteiger partial charge on any atom is 0.235 e. The van der Waals surface area contributed by atoms with Crippen molar-refractivity contribution < 1.29 is 28.0 Å². The molecule has 0 bridgehead atoms. The van der Waals surface area contributed by atoms with E-state index < -0.39 is 25.0 Å². The Bertz CT molecular complexity index is 688. The molecule has 0 aromatic heterocycles. The number of benzene rings is 1. The molecule has 3 saturated heterocycles. The van der Waals surface area contributed by atoms with Crippen LogP contribution < -0.4 is 5.30 Å². The van der Waals surface area contributed by atoms with Crippen LogP contribution >= 0.6 is 7.37 Å². The third-order valence-corrected chi connectivity index (χ3v) is 7.31.